The van der Waals surface area contributed by atoms with E-state index in [-0.39, 0.29) is 12.1 Å². The second-order valence-corrected chi connectivity index (χ2v) is 13.0. The SMILES string of the molecule is CC(C)[Si](OCC[C@H]1OC(=O)CC[C@@H]1C)(C(C)C)C(C)C. The summed E-state index contributed by atoms with van der Waals surface area (Å²) >= 11 is 0. The normalized spacial score (nSPS) is 24.0. The van der Waals surface area contributed by atoms with Crippen LogP contribution in [0.4, 0.5) is 0 Å². The summed E-state index contributed by atoms with van der Waals surface area (Å²) in [6.45, 7) is 16.7. The fourth-order valence-corrected chi connectivity index (χ4v) is 9.54. The molecule has 0 aromatic rings. The lowest BCUT2D eigenvalue weighted by Crippen LogP contribution is -2.48. The van der Waals surface area contributed by atoms with Gasteiger partial charge in [0.25, 0.3) is 0 Å². The number of ether oxygens (including phenoxy) is 1. The molecule has 0 radical (unpaired) electrons. The molecule has 0 amide bonds. The molecule has 0 aromatic heterocycles. The van der Waals surface area contributed by atoms with Crippen LogP contribution in [0.5, 0.6) is 0 Å². The predicted molar refractivity (Wildman–Crippen MR) is 89.9 cm³/mol. The summed E-state index contributed by atoms with van der Waals surface area (Å²) in [5.74, 6) is 0.415. The van der Waals surface area contributed by atoms with E-state index < -0.39 is 8.32 Å². The topological polar surface area (TPSA) is 35.5 Å². The van der Waals surface area contributed by atoms with Gasteiger partial charge in [0, 0.05) is 19.4 Å². The van der Waals surface area contributed by atoms with Crippen molar-refractivity contribution in [2.75, 3.05) is 6.61 Å². The van der Waals surface area contributed by atoms with Gasteiger partial charge in [0.2, 0.25) is 0 Å². The molecule has 0 saturated carbocycles. The van der Waals surface area contributed by atoms with Gasteiger partial charge < -0.3 is 9.16 Å². The monoisotopic (exact) mass is 314 g/mol. The first-order chi connectivity index (χ1) is 9.71. The summed E-state index contributed by atoms with van der Waals surface area (Å²) in [6.07, 6.45) is 2.41. The molecule has 21 heavy (non-hydrogen) atoms. The zero-order chi connectivity index (χ0) is 16.2. The number of hydrogen-bond acceptors (Lipinski definition) is 3. The van der Waals surface area contributed by atoms with E-state index in [2.05, 4.69) is 48.5 Å². The van der Waals surface area contributed by atoms with E-state index in [4.69, 9.17) is 9.16 Å². The summed E-state index contributed by atoms with van der Waals surface area (Å²) in [6, 6.07) is 0. The van der Waals surface area contributed by atoms with Crippen molar-refractivity contribution in [2.24, 2.45) is 5.92 Å². The van der Waals surface area contributed by atoms with E-state index in [9.17, 15) is 4.79 Å². The van der Waals surface area contributed by atoms with E-state index in [1.807, 2.05) is 0 Å². The number of cyclic esters (lactones) is 1. The van der Waals surface area contributed by atoms with Gasteiger partial charge in [-0.2, -0.15) is 0 Å². The molecular formula is C17H34O3Si. The Labute approximate surface area is 131 Å². The van der Waals surface area contributed by atoms with Gasteiger partial charge in [-0.25, -0.2) is 0 Å². The number of carbonyl (C=O) groups excluding carboxylic acids is 1. The van der Waals surface area contributed by atoms with Crippen molar-refractivity contribution in [3.05, 3.63) is 0 Å². The van der Waals surface area contributed by atoms with Crippen LogP contribution in [0.3, 0.4) is 0 Å². The molecule has 0 unspecified atom stereocenters. The van der Waals surface area contributed by atoms with E-state index in [1.54, 1.807) is 0 Å². The van der Waals surface area contributed by atoms with Crippen LogP contribution in [0.25, 0.3) is 0 Å². The highest BCUT2D eigenvalue weighted by Crippen LogP contribution is 2.42. The Balaban J connectivity index is 2.63. The first kappa shape index (κ1) is 18.7. The van der Waals surface area contributed by atoms with Crippen LogP contribution in [0.2, 0.25) is 16.6 Å². The van der Waals surface area contributed by atoms with Crippen molar-refractivity contribution >= 4 is 14.3 Å². The summed E-state index contributed by atoms with van der Waals surface area (Å²) in [5.41, 5.74) is 1.80. The molecule has 1 heterocycles. The zero-order valence-electron chi connectivity index (χ0n) is 14.9. The van der Waals surface area contributed by atoms with Crippen LogP contribution in [-0.2, 0) is 14.0 Å². The minimum atomic E-state index is -1.79. The van der Waals surface area contributed by atoms with Crippen LogP contribution in [0.1, 0.15) is 67.7 Å². The highest BCUT2D eigenvalue weighted by molar-refractivity contribution is 6.77. The third kappa shape index (κ3) is 4.32. The minimum Gasteiger partial charge on any atom is -0.462 e. The lowest BCUT2D eigenvalue weighted by Gasteiger charge is -2.42. The molecule has 1 fully saturated rings. The quantitative estimate of drug-likeness (QED) is 0.495. The molecule has 3 nitrogen and oxygen atoms in total. The number of carbonyl (C=O) groups is 1. The maximum absolute atomic E-state index is 11.4. The molecule has 1 aliphatic rings. The van der Waals surface area contributed by atoms with Crippen molar-refractivity contribution in [2.45, 2.75) is 90.5 Å². The third-order valence-corrected chi connectivity index (χ3v) is 11.3. The van der Waals surface area contributed by atoms with E-state index in [1.165, 1.54) is 0 Å². The summed E-state index contributed by atoms with van der Waals surface area (Å²) in [5, 5.41) is 0. The van der Waals surface area contributed by atoms with Gasteiger partial charge in [-0.3, -0.25) is 4.79 Å². The van der Waals surface area contributed by atoms with Gasteiger partial charge in [0.05, 0.1) is 0 Å². The van der Waals surface area contributed by atoms with Gasteiger partial charge in [0.15, 0.2) is 8.32 Å². The van der Waals surface area contributed by atoms with Gasteiger partial charge in [-0.1, -0.05) is 48.5 Å². The van der Waals surface area contributed by atoms with Crippen LogP contribution < -0.4 is 0 Å². The Kier molecular flexibility index (Phi) is 6.92. The van der Waals surface area contributed by atoms with Crippen LogP contribution in [0.15, 0.2) is 0 Å². The molecule has 1 rings (SSSR count). The minimum absolute atomic E-state index is 0.0433. The summed E-state index contributed by atoms with van der Waals surface area (Å²) < 4.78 is 12.0. The second-order valence-electron chi connectivity index (χ2n) is 7.50. The van der Waals surface area contributed by atoms with Crippen molar-refractivity contribution in [1.82, 2.24) is 0 Å². The number of rotatable bonds is 7. The number of esters is 1. The predicted octanol–water partition coefficient (Wildman–Crippen LogP) is 4.91. The fraction of sp³-hybridized carbons (Fsp3) is 0.941. The standard InChI is InChI=1S/C17H34O3Si/c1-12(2)21(13(3)4,14(5)6)19-11-10-16-15(7)8-9-17(18)20-16/h12-16H,8-11H2,1-7H3/t15-,16+/m0/s1. The van der Waals surface area contributed by atoms with Crippen molar-refractivity contribution < 1.29 is 14.0 Å². The van der Waals surface area contributed by atoms with Crippen molar-refractivity contribution in [1.29, 1.82) is 0 Å². The number of hydrogen-bond donors (Lipinski definition) is 0. The third-order valence-electron chi connectivity index (χ3n) is 5.18. The van der Waals surface area contributed by atoms with E-state index >= 15 is 0 Å². The Morgan fingerprint density at radius 2 is 1.67 bits per heavy atom. The molecule has 0 aliphatic carbocycles. The van der Waals surface area contributed by atoms with Crippen molar-refractivity contribution in [3.63, 3.8) is 0 Å². The van der Waals surface area contributed by atoms with Crippen molar-refractivity contribution in [3.8, 4) is 0 Å². The molecule has 0 N–H and O–H groups in total. The average Bonchev–Trinajstić information content (AvgIpc) is 2.37. The van der Waals surface area contributed by atoms with Crippen LogP contribution >= 0.6 is 0 Å². The highest BCUT2D eigenvalue weighted by Gasteiger charge is 2.45. The van der Waals surface area contributed by atoms with Crippen LogP contribution in [0, 0.1) is 5.92 Å². The lowest BCUT2D eigenvalue weighted by atomic mass is 9.94. The fourth-order valence-electron chi connectivity index (χ4n) is 4.07. The van der Waals surface area contributed by atoms with Gasteiger partial charge in [-0.15, -0.1) is 0 Å². The average molecular weight is 315 g/mol. The molecule has 1 aliphatic heterocycles. The highest BCUT2D eigenvalue weighted by atomic mass is 28.4. The molecule has 0 aromatic carbocycles. The molecule has 2 atom stereocenters. The van der Waals surface area contributed by atoms with Gasteiger partial charge in [0.1, 0.15) is 6.10 Å². The van der Waals surface area contributed by atoms with Gasteiger partial charge in [-0.05, 0) is 29.0 Å². The Morgan fingerprint density at radius 3 is 2.14 bits per heavy atom. The first-order valence-electron chi connectivity index (χ1n) is 8.55. The largest absolute Gasteiger partial charge is 0.462 e. The Hall–Kier alpha value is -0.353. The molecule has 0 bridgehead atoms. The molecule has 0 spiro atoms. The molecule has 1 saturated heterocycles. The van der Waals surface area contributed by atoms with Crippen LogP contribution in [-0.4, -0.2) is 27.0 Å². The lowest BCUT2D eigenvalue weighted by molar-refractivity contribution is -0.158. The van der Waals surface area contributed by atoms with E-state index in [0.29, 0.717) is 29.0 Å². The summed E-state index contributed by atoms with van der Waals surface area (Å²) in [4.78, 5) is 11.4. The first-order valence-corrected chi connectivity index (χ1v) is 10.7. The Morgan fingerprint density at radius 1 is 1.14 bits per heavy atom. The maximum atomic E-state index is 11.4. The Bertz CT molecular complexity index is 317. The summed E-state index contributed by atoms with van der Waals surface area (Å²) in [7, 11) is -1.79. The molecule has 4 heteroatoms. The van der Waals surface area contributed by atoms with Gasteiger partial charge >= 0.3 is 5.97 Å². The zero-order valence-corrected chi connectivity index (χ0v) is 15.9. The smallest absolute Gasteiger partial charge is 0.306 e. The molecular weight excluding hydrogens is 280 g/mol. The second kappa shape index (κ2) is 7.77. The maximum Gasteiger partial charge on any atom is 0.306 e. The molecule has 124 valence electrons. The van der Waals surface area contributed by atoms with E-state index in [0.717, 1.165) is 19.4 Å².